The van der Waals surface area contributed by atoms with Crippen LogP contribution in [0.25, 0.3) is 11.7 Å². The van der Waals surface area contributed by atoms with Crippen LogP contribution in [-0.4, -0.2) is 32.9 Å². The molecule has 26 heavy (non-hydrogen) atoms. The van der Waals surface area contributed by atoms with Crippen molar-refractivity contribution in [3.63, 3.8) is 0 Å². The Morgan fingerprint density at radius 3 is 2.85 bits per heavy atom. The van der Waals surface area contributed by atoms with Crippen molar-refractivity contribution in [1.82, 2.24) is 14.4 Å². The molecule has 0 aliphatic heterocycles. The van der Waals surface area contributed by atoms with E-state index in [0.717, 1.165) is 0 Å². The van der Waals surface area contributed by atoms with Crippen LogP contribution < -0.4 is 5.32 Å². The first-order valence-electron chi connectivity index (χ1n) is 7.42. The highest BCUT2D eigenvalue weighted by atomic mass is 35.5. The molecule has 1 amide bonds. The van der Waals surface area contributed by atoms with E-state index in [2.05, 4.69) is 15.3 Å². The van der Waals surface area contributed by atoms with Gasteiger partial charge in [0, 0.05) is 18.5 Å². The van der Waals surface area contributed by atoms with Crippen LogP contribution >= 0.6 is 23.2 Å². The van der Waals surface area contributed by atoms with Gasteiger partial charge in [0.15, 0.2) is 16.9 Å². The lowest BCUT2D eigenvalue weighted by Crippen LogP contribution is -2.20. The molecule has 3 rings (SSSR count). The summed E-state index contributed by atoms with van der Waals surface area (Å²) in [6.07, 6.45) is 5.91. The summed E-state index contributed by atoms with van der Waals surface area (Å²) in [5, 5.41) is 2.90. The fourth-order valence-electron chi connectivity index (χ4n) is 2.13. The number of fused-ring (bicyclic) bond motifs is 1. The standard InChI is InChI=1S/C17H12Cl2N4O3/c18-16-11(4-3-8-20-16)21-14(24)10-26-15(25)7-6-12-17(19)22-13-5-1-2-9-23(12)13/h1-9H,10H2,(H,21,24)/b7-6+. The molecule has 0 bridgehead atoms. The van der Waals surface area contributed by atoms with Gasteiger partial charge in [-0.3, -0.25) is 9.20 Å². The Labute approximate surface area is 158 Å². The Morgan fingerprint density at radius 1 is 1.19 bits per heavy atom. The lowest BCUT2D eigenvalue weighted by molar-refractivity contribution is -0.142. The summed E-state index contributed by atoms with van der Waals surface area (Å²) in [6, 6.07) is 8.63. The first-order chi connectivity index (χ1) is 12.5. The number of hydrogen-bond donors (Lipinski definition) is 1. The maximum Gasteiger partial charge on any atom is 0.331 e. The maximum atomic E-state index is 11.8. The quantitative estimate of drug-likeness (QED) is 0.410. The van der Waals surface area contributed by atoms with E-state index in [1.54, 1.807) is 28.8 Å². The maximum absolute atomic E-state index is 11.8. The second kappa shape index (κ2) is 7.99. The molecule has 9 heteroatoms. The van der Waals surface area contributed by atoms with Crippen molar-refractivity contribution in [2.45, 2.75) is 0 Å². The molecule has 0 aromatic carbocycles. The summed E-state index contributed by atoms with van der Waals surface area (Å²) in [4.78, 5) is 31.6. The number of nitrogens with one attached hydrogen (secondary N) is 1. The lowest BCUT2D eigenvalue weighted by Gasteiger charge is -2.06. The molecule has 3 aromatic heterocycles. The molecule has 0 aliphatic rings. The fourth-order valence-corrected chi connectivity index (χ4v) is 2.54. The number of halogens is 2. The molecule has 1 N–H and O–H groups in total. The third-order valence-corrected chi connectivity index (χ3v) is 3.86. The van der Waals surface area contributed by atoms with Gasteiger partial charge in [-0.1, -0.05) is 29.3 Å². The van der Waals surface area contributed by atoms with Crippen LogP contribution in [0, 0.1) is 0 Å². The second-order valence-electron chi connectivity index (χ2n) is 5.05. The monoisotopic (exact) mass is 390 g/mol. The van der Waals surface area contributed by atoms with Crippen molar-refractivity contribution in [2.24, 2.45) is 0 Å². The van der Waals surface area contributed by atoms with Crippen LogP contribution in [0.3, 0.4) is 0 Å². The molecule has 3 heterocycles. The van der Waals surface area contributed by atoms with Crippen molar-refractivity contribution in [2.75, 3.05) is 11.9 Å². The zero-order valence-electron chi connectivity index (χ0n) is 13.2. The second-order valence-corrected chi connectivity index (χ2v) is 5.76. The van der Waals surface area contributed by atoms with Crippen molar-refractivity contribution < 1.29 is 14.3 Å². The number of carbonyl (C=O) groups excluding carboxylic acids is 2. The number of esters is 1. The van der Waals surface area contributed by atoms with E-state index in [-0.39, 0.29) is 10.3 Å². The van der Waals surface area contributed by atoms with Gasteiger partial charge in [-0.25, -0.2) is 14.8 Å². The van der Waals surface area contributed by atoms with E-state index < -0.39 is 18.5 Å². The Bertz CT molecular complexity index is 1000. The van der Waals surface area contributed by atoms with Gasteiger partial charge >= 0.3 is 5.97 Å². The number of ether oxygens (including phenoxy) is 1. The van der Waals surface area contributed by atoms with Crippen LogP contribution in [-0.2, 0) is 14.3 Å². The molecule has 0 saturated carbocycles. The lowest BCUT2D eigenvalue weighted by atomic mass is 10.4. The molecule has 0 spiro atoms. The number of pyridine rings is 2. The number of anilines is 1. The topological polar surface area (TPSA) is 85.6 Å². The van der Waals surface area contributed by atoms with Crippen LogP contribution in [0.1, 0.15) is 5.69 Å². The Morgan fingerprint density at radius 2 is 2.04 bits per heavy atom. The Hall–Kier alpha value is -2.90. The van der Waals surface area contributed by atoms with Crippen molar-refractivity contribution in [3.8, 4) is 0 Å². The highest BCUT2D eigenvalue weighted by molar-refractivity contribution is 6.32. The summed E-state index contributed by atoms with van der Waals surface area (Å²) >= 11 is 11.9. The largest absolute Gasteiger partial charge is 0.452 e. The van der Waals surface area contributed by atoms with Gasteiger partial charge in [-0.15, -0.1) is 0 Å². The SMILES string of the molecule is O=C(COC(=O)/C=C/c1c(Cl)nc2ccccn12)Nc1cccnc1Cl. The number of carbonyl (C=O) groups is 2. The predicted molar refractivity (Wildman–Crippen MR) is 98.1 cm³/mol. The summed E-state index contributed by atoms with van der Waals surface area (Å²) < 4.78 is 6.62. The highest BCUT2D eigenvalue weighted by Gasteiger charge is 2.10. The van der Waals surface area contributed by atoms with E-state index >= 15 is 0 Å². The number of rotatable bonds is 5. The third kappa shape index (κ3) is 4.19. The Kier molecular flexibility index (Phi) is 5.50. The minimum absolute atomic E-state index is 0.148. The normalized spacial score (nSPS) is 11.0. The van der Waals surface area contributed by atoms with Crippen LogP contribution in [0.2, 0.25) is 10.3 Å². The average molecular weight is 391 g/mol. The van der Waals surface area contributed by atoms with E-state index in [1.165, 1.54) is 18.3 Å². The molecular weight excluding hydrogens is 379 g/mol. The van der Waals surface area contributed by atoms with Crippen LogP contribution in [0.15, 0.2) is 48.8 Å². The smallest absolute Gasteiger partial charge is 0.331 e. The molecule has 0 radical (unpaired) electrons. The van der Waals surface area contributed by atoms with E-state index in [4.69, 9.17) is 27.9 Å². The van der Waals surface area contributed by atoms with E-state index in [9.17, 15) is 9.59 Å². The van der Waals surface area contributed by atoms with Gasteiger partial charge < -0.3 is 10.1 Å². The highest BCUT2D eigenvalue weighted by Crippen LogP contribution is 2.19. The van der Waals surface area contributed by atoms with Gasteiger partial charge in [0.1, 0.15) is 5.65 Å². The third-order valence-electron chi connectivity index (χ3n) is 3.28. The molecule has 132 valence electrons. The molecule has 0 saturated heterocycles. The molecule has 3 aromatic rings. The summed E-state index contributed by atoms with van der Waals surface area (Å²) in [5.41, 5.74) is 1.52. The van der Waals surface area contributed by atoms with Gasteiger partial charge in [-0.2, -0.15) is 0 Å². The fraction of sp³-hybridized carbons (Fsp3) is 0.0588. The first-order valence-corrected chi connectivity index (χ1v) is 8.18. The van der Waals surface area contributed by atoms with Crippen molar-refractivity contribution >= 4 is 52.5 Å². The molecule has 0 fully saturated rings. The van der Waals surface area contributed by atoms with Crippen LogP contribution in [0.5, 0.6) is 0 Å². The van der Waals surface area contributed by atoms with Crippen LogP contribution in [0.4, 0.5) is 5.69 Å². The van der Waals surface area contributed by atoms with Gasteiger partial charge in [0.2, 0.25) is 0 Å². The summed E-state index contributed by atoms with van der Waals surface area (Å²) in [5.74, 6) is -1.23. The molecule has 0 aliphatic carbocycles. The zero-order valence-corrected chi connectivity index (χ0v) is 14.7. The minimum atomic E-state index is -0.695. The number of aromatic nitrogens is 3. The number of imidazole rings is 1. The zero-order chi connectivity index (χ0) is 18.5. The number of nitrogens with zero attached hydrogens (tertiary/aromatic N) is 3. The Balaban J connectivity index is 1.58. The average Bonchev–Trinajstić information content (AvgIpc) is 2.95. The van der Waals surface area contributed by atoms with E-state index in [1.807, 2.05) is 12.1 Å². The van der Waals surface area contributed by atoms with Crippen molar-refractivity contribution in [1.29, 1.82) is 0 Å². The van der Waals surface area contributed by atoms with Gasteiger partial charge in [-0.05, 0) is 30.3 Å². The minimum Gasteiger partial charge on any atom is -0.452 e. The molecule has 0 unspecified atom stereocenters. The van der Waals surface area contributed by atoms with Gasteiger partial charge in [0.25, 0.3) is 5.91 Å². The molecular formula is C17H12Cl2N4O3. The molecule has 0 atom stereocenters. The van der Waals surface area contributed by atoms with Crippen molar-refractivity contribution in [3.05, 3.63) is 64.8 Å². The molecule has 7 nitrogen and oxygen atoms in total. The summed E-state index contributed by atoms with van der Waals surface area (Å²) in [7, 11) is 0. The summed E-state index contributed by atoms with van der Waals surface area (Å²) in [6.45, 7) is -0.463. The van der Waals surface area contributed by atoms with E-state index in [0.29, 0.717) is 17.0 Å². The number of amides is 1. The van der Waals surface area contributed by atoms with Gasteiger partial charge in [0.05, 0.1) is 11.4 Å². The number of hydrogen-bond acceptors (Lipinski definition) is 5. The first kappa shape index (κ1) is 17.9. The predicted octanol–water partition coefficient (Wildman–Crippen LogP) is 3.23.